The summed E-state index contributed by atoms with van der Waals surface area (Å²) in [5.41, 5.74) is 1.36. The van der Waals surface area contributed by atoms with Crippen LogP contribution in [0.2, 0.25) is 5.02 Å². The SMILES string of the molecule is CCC(C)NC(=O)C(C)(C)c1c[nH]c2cc(Cl)ccc12. The van der Waals surface area contributed by atoms with E-state index in [9.17, 15) is 4.79 Å². The Morgan fingerprint density at radius 2 is 2.15 bits per heavy atom. The van der Waals surface area contributed by atoms with Gasteiger partial charge in [-0.1, -0.05) is 24.6 Å². The van der Waals surface area contributed by atoms with E-state index in [1.807, 2.05) is 45.2 Å². The van der Waals surface area contributed by atoms with Crippen LogP contribution in [0.25, 0.3) is 10.9 Å². The molecule has 20 heavy (non-hydrogen) atoms. The third kappa shape index (κ3) is 2.68. The molecule has 1 amide bonds. The van der Waals surface area contributed by atoms with E-state index >= 15 is 0 Å². The number of aromatic nitrogens is 1. The van der Waals surface area contributed by atoms with E-state index in [2.05, 4.69) is 17.2 Å². The van der Waals surface area contributed by atoms with Crippen molar-refractivity contribution < 1.29 is 4.79 Å². The Hall–Kier alpha value is -1.48. The summed E-state index contributed by atoms with van der Waals surface area (Å²) in [6.07, 6.45) is 2.82. The lowest BCUT2D eigenvalue weighted by Crippen LogP contribution is -2.43. The lowest BCUT2D eigenvalue weighted by Gasteiger charge is -2.25. The molecule has 2 rings (SSSR count). The molecule has 3 nitrogen and oxygen atoms in total. The van der Waals surface area contributed by atoms with Crippen LogP contribution in [0.3, 0.4) is 0 Å². The van der Waals surface area contributed by atoms with Gasteiger partial charge in [-0.05, 0) is 44.9 Å². The first kappa shape index (κ1) is 14.9. The van der Waals surface area contributed by atoms with Gasteiger partial charge in [0.25, 0.3) is 0 Å². The van der Waals surface area contributed by atoms with Crippen LogP contribution in [0, 0.1) is 0 Å². The molecule has 1 unspecified atom stereocenters. The van der Waals surface area contributed by atoms with Gasteiger partial charge in [0.15, 0.2) is 0 Å². The lowest BCUT2D eigenvalue weighted by atomic mass is 9.83. The highest BCUT2D eigenvalue weighted by molar-refractivity contribution is 6.31. The van der Waals surface area contributed by atoms with Crippen molar-refractivity contribution in [2.75, 3.05) is 0 Å². The van der Waals surface area contributed by atoms with Crippen LogP contribution in [0.15, 0.2) is 24.4 Å². The molecule has 0 saturated carbocycles. The van der Waals surface area contributed by atoms with Crippen LogP contribution < -0.4 is 5.32 Å². The molecule has 1 aromatic carbocycles. The van der Waals surface area contributed by atoms with Crippen molar-refractivity contribution in [3.63, 3.8) is 0 Å². The minimum atomic E-state index is -0.588. The normalized spacial score (nSPS) is 13.4. The second-order valence-corrected chi connectivity index (χ2v) is 6.24. The number of carbonyl (C=O) groups excluding carboxylic acids is 1. The Kier molecular flexibility index (Phi) is 4.09. The predicted octanol–water partition coefficient (Wildman–Crippen LogP) is 4.01. The quantitative estimate of drug-likeness (QED) is 0.878. The van der Waals surface area contributed by atoms with Crippen LogP contribution >= 0.6 is 11.6 Å². The summed E-state index contributed by atoms with van der Waals surface area (Å²) in [6.45, 7) is 7.97. The maximum Gasteiger partial charge on any atom is 0.230 e. The Morgan fingerprint density at radius 1 is 1.45 bits per heavy atom. The molecule has 2 aromatic rings. The zero-order chi connectivity index (χ0) is 14.9. The maximum absolute atomic E-state index is 12.5. The van der Waals surface area contributed by atoms with Crippen molar-refractivity contribution in [3.8, 4) is 0 Å². The molecule has 4 heteroatoms. The molecule has 0 saturated heterocycles. The van der Waals surface area contributed by atoms with Crippen LogP contribution in [-0.2, 0) is 10.2 Å². The summed E-state index contributed by atoms with van der Waals surface area (Å²) in [6, 6.07) is 5.87. The number of rotatable bonds is 4. The monoisotopic (exact) mass is 292 g/mol. The number of hydrogen-bond acceptors (Lipinski definition) is 1. The summed E-state index contributed by atoms with van der Waals surface area (Å²) in [5, 5.41) is 4.78. The molecule has 2 N–H and O–H groups in total. The topological polar surface area (TPSA) is 44.9 Å². The first-order valence-electron chi connectivity index (χ1n) is 6.94. The highest BCUT2D eigenvalue weighted by Crippen LogP contribution is 2.32. The third-order valence-electron chi connectivity index (χ3n) is 3.87. The zero-order valence-electron chi connectivity index (χ0n) is 12.4. The summed E-state index contributed by atoms with van der Waals surface area (Å²) in [4.78, 5) is 15.7. The van der Waals surface area contributed by atoms with E-state index in [0.29, 0.717) is 5.02 Å². The number of H-pyrrole nitrogens is 1. The van der Waals surface area contributed by atoms with Crippen LogP contribution in [0.5, 0.6) is 0 Å². The molecule has 108 valence electrons. The molecule has 1 atom stereocenters. The first-order valence-corrected chi connectivity index (χ1v) is 7.32. The second-order valence-electron chi connectivity index (χ2n) is 5.80. The molecule has 0 radical (unpaired) electrons. The minimum absolute atomic E-state index is 0.0442. The minimum Gasteiger partial charge on any atom is -0.361 e. The largest absolute Gasteiger partial charge is 0.361 e. The molecular formula is C16H21ClN2O. The van der Waals surface area contributed by atoms with Gasteiger partial charge < -0.3 is 10.3 Å². The van der Waals surface area contributed by atoms with Gasteiger partial charge >= 0.3 is 0 Å². The van der Waals surface area contributed by atoms with Crippen molar-refractivity contribution >= 4 is 28.4 Å². The average molecular weight is 293 g/mol. The van der Waals surface area contributed by atoms with Crippen molar-refractivity contribution in [2.45, 2.75) is 45.6 Å². The second kappa shape index (κ2) is 5.49. The fourth-order valence-corrected chi connectivity index (χ4v) is 2.42. The van der Waals surface area contributed by atoms with Gasteiger partial charge in [0.1, 0.15) is 0 Å². The fourth-order valence-electron chi connectivity index (χ4n) is 2.24. The average Bonchev–Trinajstić information content (AvgIpc) is 2.81. The number of aromatic amines is 1. The molecule has 0 aliphatic rings. The van der Waals surface area contributed by atoms with E-state index in [0.717, 1.165) is 22.9 Å². The predicted molar refractivity (Wildman–Crippen MR) is 84.2 cm³/mol. The van der Waals surface area contributed by atoms with E-state index in [1.54, 1.807) is 0 Å². The third-order valence-corrected chi connectivity index (χ3v) is 4.11. The molecular weight excluding hydrogens is 272 g/mol. The summed E-state index contributed by atoms with van der Waals surface area (Å²) < 4.78 is 0. The van der Waals surface area contributed by atoms with Crippen molar-refractivity contribution in [2.24, 2.45) is 0 Å². The molecule has 0 bridgehead atoms. The van der Waals surface area contributed by atoms with Crippen LogP contribution in [0.1, 0.15) is 39.7 Å². The van der Waals surface area contributed by atoms with Crippen molar-refractivity contribution in [1.82, 2.24) is 10.3 Å². The highest BCUT2D eigenvalue weighted by Gasteiger charge is 2.32. The van der Waals surface area contributed by atoms with Gasteiger partial charge in [-0.2, -0.15) is 0 Å². The van der Waals surface area contributed by atoms with E-state index in [-0.39, 0.29) is 11.9 Å². The molecule has 0 spiro atoms. The Bertz CT molecular complexity index is 630. The number of hydrogen-bond donors (Lipinski definition) is 2. The van der Waals surface area contributed by atoms with E-state index in [4.69, 9.17) is 11.6 Å². The van der Waals surface area contributed by atoms with Crippen LogP contribution in [0.4, 0.5) is 0 Å². The number of fused-ring (bicyclic) bond motifs is 1. The standard InChI is InChI=1S/C16H21ClN2O/c1-5-10(2)19-15(20)16(3,4)13-9-18-14-8-11(17)6-7-12(13)14/h6-10,18H,5H2,1-4H3,(H,19,20). The van der Waals surface area contributed by atoms with Crippen LogP contribution in [-0.4, -0.2) is 16.9 Å². The van der Waals surface area contributed by atoms with E-state index in [1.165, 1.54) is 0 Å². The number of carbonyl (C=O) groups is 1. The van der Waals surface area contributed by atoms with Gasteiger partial charge in [-0.25, -0.2) is 0 Å². The molecule has 1 aromatic heterocycles. The van der Waals surface area contributed by atoms with Crippen molar-refractivity contribution in [1.29, 1.82) is 0 Å². The van der Waals surface area contributed by atoms with Gasteiger partial charge in [-0.15, -0.1) is 0 Å². The fraction of sp³-hybridized carbons (Fsp3) is 0.438. The number of nitrogens with one attached hydrogen (secondary N) is 2. The first-order chi connectivity index (χ1) is 9.36. The maximum atomic E-state index is 12.5. The van der Waals surface area contributed by atoms with Gasteiger partial charge in [0.2, 0.25) is 5.91 Å². The van der Waals surface area contributed by atoms with Crippen molar-refractivity contribution in [3.05, 3.63) is 35.0 Å². The molecule has 0 aliphatic carbocycles. The van der Waals surface area contributed by atoms with E-state index < -0.39 is 5.41 Å². The zero-order valence-corrected chi connectivity index (χ0v) is 13.1. The van der Waals surface area contributed by atoms with Gasteiger partial charge in [0.05, 0.1) is 5.41 Å². The number of halogens is 1. The summed E-state index contributed by atoms with van der Waals surface area (Å²) >= 11 is 5.99. The Labute approximate surface area is 124 Å². The van der Waals surface area contributed by atoms with Gasteiger partial charge in [0, 0.05) is 28.2 Å². The molecule has 0 fully saturated rings. The summed E-state index contributed by atoms with van der Waals surface area (Å²) in [7, 11) is 0. The molecule has 1 heterocycles. The lowest BCUT2D eigenvalue weighted by molar-refractivity contribution is -0.126. The molecule has 0 aliphatic heterocycles. The summed E-state index contributed by atoms with van der Waals surface area (Å²) in [5.74, 6) is 0.0442. The number of benzene rings is 1. The van der Waals surface area contributed by atoms with Gasteiger partial charge in [-0.3, -0.25) is 4.79 Å². The highest BCUT2D eigenvalue weighted by atomic mass is 35.5. The number of amides is 1. The smallest absolute Gasteiger partial charge is 0.230 e. The Balaban J connectivity index is 2.38. The Morgan fingerprint density at radius 3 is 2.80 bits per heavy atom.